The second-order valence-electron chi connectivity index (χ2n) is 5.20. The molecule has 3 aromatic rings. The molecule has 1 aromatic heterocycles. The summed E-state index contributed by atoms with van der Waals surface area (Å²) in [7, 11) is 0. The van der Waals surface area contributed by atoms with Crippen LogP contribution in [0, 0.1) is 0 Å². The lowest BCUT2D eigenvalue weighted by Gasteiger charge is -2.08. The second-order valence-corrected chi connectivity index (χ2v) is 5.20. The van der Waals surface area contributed by atoms with Crippen LogP contribution in [0.2, 0.25) is 0 Å². The lowest BCUT2D eigenvalue weighted by Crippen LogP contribution is -2.17. The predicted octanol–water partition coefficient (Wildman–Crippen LogP) is 3.17. The highest BCUT2D eigenvalue weighted by atomic mass is 16.4. The Balaban J connectivity index is 0.00000182. The Kier molecular flexibility index (Phi) is 4.38. The van der Waals surface area contributed by atoms with Crippen LogP contribution >= 0.6 is 0 Å². The van der Waals surface area contributed by atoms with Crippen molar-refractivity contribution >= 4 is 23.4 Å². The van der Waals surface area contributed by atoms with Crippen LogP contribution in [0.4, 0.5) is 11.5 Å². The molecule has 0 aliphatic rings. The number of anilines is 2. The van der Waals surface area contributed by atoms with Crippen molar-refractivity contribution in [3.05, 3.63) is 72.1 Å². The smallest absolute Gasteiger partial charge is 0.335 e. The van der Waals surface area contributed by atoms with E-state index in [4.69, 9.17) is 10.8 Å². The van der Waals surface area contributed by atoms with E-state index in [2.05, 4.69) is 15.3 Å². The average molecular weight is 338 g/mol. The first-order chi connectivity index (χ1) is 12.0. The molecule has 0 aliphatic heterocycles. The van der Waals surface area contributed by atoms with Crippen molar-refractivity contribution in [1.29, 1.82) is 0 Å². The van der Waals surface area contributed by atoms with Gasteiger partial charge in [-0.2, -0.15) is 0 Å². The predicted molar refractivity (Wildman–Crippen MR) is 97.5 cm³/mol. The normalized spacial score (nSPS) is 10.2. The molecule has 3 rings (SSSR count). The van der Waals surface area contributed by atoms with Crippen molar-refractivity contribution in [2.24, 2.45) is 0 Å². The molecule has 0 aliphatic carbocycles. The van der Waals surface area contributed by atoms with E-state index < -0.39 is 11.9 Å². The molecule has 0 atom stereocenters. The van der Waals surface area contributed by atoms with E-state index in [0.29, 0.717) is 16.9 Å². The summed E-state index contributed by atoms with van der Waals surface area (Å²) in [5.41, 5.74) is 7.35. The third kappa shape index (κ3) is 3.61. The third-order valence-electron chi connectivity index (χ3n) is 3.45. The SMILES string of the molecule is Nc1ncc(-c2cccc(C(=O)O)c2)nc1C(=O)Nc1ccccc1.[HH].[HH]. The first-order valence-corrected chi connectivity index (χ1v) is 7.37. The molecule has 2 aromatic carbocycles. The number of aromatic carboxylic acids is 1. The number of amides is 1. The molecule has 25 heavy (non-hydrogen) atoms. The Bertz CT molecular complexity index is 952. The number of benzene rings is 2. The van der Waals surface area contributed by atoms with E-state index in [-0.39, 0.29) is 19.9 Å². The maximum absolute atomic E-state index is 12.4. The van der Waals surface area contributed by atoms with Crippen LogP contribution in [0.15, 0.2) is 60.8 Å². The standard InChI is InChI=1S/C18H14N4O3.2H2/c19-16-15(17(23)21-13-7-2-1-3-8-13)22-14(10-20-16)11-5-4-6-12(9-11)18(24)25;;/h1-10H,(H2,19,20)(H,21,23)(H,24,25);2*1H. The number of carbonyl (C=O) groups is 2. The zero-order valence-electron chi connectivity index (χ0n) is 13.0. The molecule has 7 heteroatoms. The van der Waals surface area contributed by atoms with E-state index in [1.54, 1.807) is 36.4 Å². The maximum atomic E-state index is 12.4. The summed E-state index contributed by atoms with van der Waals surface area (Å²) >= 11 is 0. The summed E-state index contributed by atoms with van der Waals surface area (Å²) < 4.78 is 0. The number of nitrogen functional groups attached to an aromatic ring is 1. The van der Waals surface area contributed by atoms with Gasteiger partial charge in [0.2, 0.25) is 0 Å². The van der Waals surface area contributed by atoms with E-state index in [1.807, 2.05) is 6.07 Å². The van der Waals surface area contributed by atoms with E-state index in [1.165, 1.54) is 18.3 Å². The Morgan fingerprint density at radius 2 is 1.84 bits per heavy atom. The fourth-order valence-electron chi connectivity index (χ4n) is 2.23. The number of carbonyl (C=O) groups excluding carboxylic acids is 1. The highest BCUT2D eigenvalue weighted by Gasteiger charge is 2.15. The topological polar surface area (TPSA) is 118 Å². The van der Waals surface area contributed by atoms with Gasteiger partial charge in [0.15, 0.2) is 11.5 Å². The van der Waals surface area contributed by atoms with Gasteiger partial charge in [-0.05, 0) is 24.3 Å². The summed E-state index contributed by atoms with van der Waals surface area (Å²) in [5.74, 6) is -1.55. The summed E-state index contributed by atoms with van der Waals surface area (Å²) in [6.45, 7) is 0. The molecule has 0 spiro atoms. The summed E-state index contributed by atoms with van der Waals surface area (Å²) in [5, 5.41) is 11.8. The molecule has 128 valence electrons. The van der Waals surface area contributed by atoms with Crippen molar-refractivity contribution in [3.8, 4) is 11.3 Å². The number of hydrogen-bond donors (Lipinski definition) is 3. The molecule has 4 N–H and O–H groups in total. The van der Waals surface area contributed by atoms with E-state index in [9.17, 15) is 9.59 Å². The van der Waals surface area contributed by atoms with Crippen LogP contribution in [-0.2, 0) is 0 Å². The molecule has 7 nitrogen and oxygen atoms in total. The van der Waals surface area contributed by atoms with Gasteiger partial charge in [0.25, 0.3) is 5.91 Å². The Hall–Kier alpha value is -3.74. The molecule has 0 bridgehead atoms. The molecule has 0 fully saturated rings. The van der Waals surface area contributed by atoms with Gasteiger partial charge in [-0.25, -0.2) is 14.8 Å². The van der Waals surface area contributed by atoms with Crippen molar-refractivity contribution in [2.75, 3.05) is 11.1 Å². The first-order valence-electron chi connectivity index (χ1n) is 7.37. The summed E-state index contributed by atoms with van der Waals surface area (Å²) in [4.78, 5) is 31.7. The zero-order chi connectivity index (χ0) is 17.8. The first kappa shape index (κ1) is 16.1. The number of carboxylic acids is 1. The maximum Gasteiger partial charge on any atom is 0.335 e. The number of nitrogens with two attached hydrogens (primary N) is 1. The molecule has 1 amide bonds. The Labute approximate surface area is 146 Å². The molecule has 1 heterocycles. The van der Waals surface area contributed by atoms with Crippen molar-refractivity contribution in [1.82, 2.24) is 9.97 Å². The third-order valence-corrected chi connectivity index (χ3v) is 3.45. The number of para-hydroxylation sites is 1. The quantitative estimate of drug-likeness (QED) is 0.672. The van der Waals surface area contributed by atoms with Gasteiger partial charge in [-0.1, -0.05) is 30.3 Å². The fourth-order valence-corrected chi connectivity index (χ4v) is 2.23. The largest absolute Gasteiger partial charge is 0.478 e. The number of nitrogens with zero attached hydrogens (tertiary/aromatic N) is 2. The monoisotopic (exact) mass is 338 g/mol. The Morgan fingerprint density at radius 3 is 2.56 bits per heavy atom. The highest BCUT2D eigenvalue weighted by molar-refractivity contribution is 6.06. The van der Waals surface area contributed by atoms with Gasteiger partial charge in [-0.3, -0.25) is 4.79 Å². The number of rotatable bonds is 4. The van der Waals surface area contributed by atoms with E-state index in [0.717, 1.165) is 0 Å². The van der Waals surface area contributed by atoms with E-state index >= 15 is 0 Å². The highest BCUT2D eigenvalue weighted by Crippen LogP contribution is 2.20. The average Bonchev–Trinajstić information content (AvgIpc) is 2.63. The Morgan fingerprint density at radius 1 is 1.08 bits per heavy atom. The van der Waals surface area contributed by atoms with Gasteiger partial charge >= 0.3 is 5.97 Å². The summed E-state index contributed by atoms with van der Waals surface area (Å²) in [6.07, 6.45) is 1.40. The van der Waals surface area contributed by atoms with Crippen LogP contribution in [0.1, 0.15) is 23.7 Å². The minimum atomic E-state index is -1.05. The van der Waals surface area contributed by atoms with Crippen LogP contribution in [-0.4, -0.2) is 27.0 Å². The van der Waals surface area contributed by atoms with Crippen molar-refractivity contribution < 1.29 is 17.5 Å². The molecule has 0 unspecified atom stereocenters. The number of nitrogens with one attached hydrogen (secondary N) is 1. The molecule has 0 saturated heterocycles. The van der Waals surface area contributed by atoms with Crippen LogP contribution in [0.3, 0.4) is 0 Å². The number of carboxylic acid groups (broad SMARTS) is 1. The van der Waals surface area contributed by atoms with Gasteiger partial charge in [-0.15, -0.1) is 0 Å². The van der Waals surface area contributed by atoms with Crippen LogP contribution < -0.4 is 11.1 Å². The van der Waals surface area contributed by atoms with Crippen LogP contribution in [0.5, 0.6) is 0 Å². The summed E-state index contributed by atoms with van der Waals surface area (Å²) in [6, 6.07) is 15.1. The molecular weight excluding hydrogens is 320 g/mol. The minimum absolute atomic E-state index is 0. The minimum Gasteiger partial charge on any atom is -0.478 e. The molecular formula is C18H18N4O3. The zero-order valence-corrected chi connectivity index (χ0v) is 13.0. The molecule has 0 saturated carbocycles. The van der Waals surface area contributed by atoms with Crippen molar-refractivity contribution in [2.45, 2.75) is 0 Å². The van der Waals surface area contributed by atoms with Crippen molar-refractivity contribution in [3.63, 3.8) is 0 Å². The number of aromatic nitrogens is 2. The second kappa shape index (κ2) is 6.79. The van der Waals surface area contributed by atoms with Gasteiger partial charge < -0.3 is 16.2 Å². The fraction of sp³-hybridized carbons (Fsp3) is 0. The van der Waals surface area contributed by atoms with Gasteiger partial charge in [0.1, 0.15) is 0 Å². The molecule has 0 radical (unpaired) electrons. The lowest BCUT2D eigenvalue weighted by molar-refractivity contribution is 0.0696. The van der Waals surface area contributed by atoms with Gasteiger partial charge in [0.05, 0.1) is 17.5 Å². The van der Waals surface area contributed by atoms with Crippen LogP contribution in [0.25, 0.3) is 11.3 Å². The van der Waals surface area contributed by atoms with Gasteiger partial charge in [0, 0.05) is 14.1 Å². The lowest BCUT2D eigenvalue weighted by atomic mass is 10.1. The number of hydrogen-bond acceptors (Lipinski definition) is 5.